The van der Waals surface area contributed by atoms with Crippen LogP contribution in [0.2, 0.25) is 5.02 Å². The van der Waals surface area contributed by atoms with Crippen LogP contribution in [0.4, 0.5) is 11.5 Å². The van der Waals surface area contributed by atoms with Gasteiger partial charge in [0.25, 0.3) is 5.91 Å². The first kappa shape index (κ1) is 16.2. The second-order valence-corrected chi connectivity index (χ2v) is 5.53. The molecule has 2 aromatic rings. The van der Waals surface area contributed by atoms with E-state index in [1.165, 1.54) is 0 Å². The van der Waals surface area contributed by atoms with Crippen molar-refractivity contribution < 1.29 is 4.79 Å². The van der Waals surface area contributed by atoms with Gasteiger partial charge in [0.2, 0.25) is 0 Å². The number of nitrogens with one attached hydrogen (secondary N) is 2. The number of hydrogen-bond donors (Lipinski definition) is 2. The lowest BCUT2D eigenvalue weighted by Gasteiger charge is -2.11. The first-order valence-electron chi connectivity index (χ1n) is 7.17. The largest absolute Gasteiger partial charge is 0.351 e. The summed E-state index contributed by atoms with van der Waals surface area (Å²) in [7, 11) is 0. The normalized spacial score (nSPS) is 10.4. The maximum atomic E-state index is 11.8. The van der Waals surface area contributed by atoms with Crippen molar-refractivity contribution in [3.8, 4) is 0 Å². The number of anilines is 2. The summed E-state index contributed by atoms with van der Waals surface area (Å²) in [6.45, 7) is 6.58. The minimum atomic E-state index is -0.217. The second kappa shape index (κ2) is 7.22. The van der Waals surface area contributed by atoms with Crippen LogP contribution in [-0.2, 0) is 0 Å². The zero-order chi connectivity index (χ0) is 16.1. The van der Waals surface area contributed by atoms with Gasteiger partial charge in [-0.25, -0.2) is 0 Å². The molecular weight excluding hydrogens is 300 g/mol. The molecule has 0 spiro atoms. The Bertz CT molecular complexity index is 647. The second-order valence-electron chi connectivity index (χ2n) is 5.12. The average Bonchev–Trinajstić information content (AvgIpc) is 2.49. The Morgan fingerprint density at radius 3 is 2.59 bits per heavy atom. The third-order valence-corrected chi connectivity index (χ3v) is 3.42. The van der Waals surface area contributed by atoms with Crippen molar-refractivity contribution >= 4 is 29.0 Å². The van der Waals surface area contributed by atoms with Gasteiger partial charge in [-0.15, -0.1) is 10.2 Å². The summed E-state index contributed by atoms with van der Waals surface area (Å²) in [6.07, 6.45) is 0.879. The smallest absolute Gasteiger partial charge is 0.271 e. The molecule has 116 valence electrons. The van der Waals surface area contributed by atoms with E-state index >= 15 is 0 Å². The third kappa shape index (κ3) is 3.95. The molecular formula is C16H19ClN4O. The van der Waals surface area contributed by atoms with Gasteiger partial charge < -0.3 is 10.6 Å². The van der Waals surface area contributed by atoms with E-state index < -0.39 is 0 Å². The first-order valence-corrected chi connectivity index (χ1v) is 7.54. The van der Waals surface area contributed by atoms with Gasteiger partial charge >= 0.3 is 0 Å². The van der Waals surface area contributed by atoms with Crippen LogP contribution in [0.1, 0.15) is 35.0 Å². The number of hydrogen-bond acceptors (Lipinski definition) is 4. The lowest BCUT2D eigenvalue weighted by molar-refractivity contribution is 0.0947. The van der Waals surface area contributed by atoms with Crippen LogP contribution < -0.4 is 10.6 Å². The molecule has 1 aromatic heterocycles. The summed E-state index contributed by atoms with van der Waals surface area (Å²) in [5, 5.41) is 14.5. The molecule has 1 heterocycles. The van der Waals surface area contributed by atoms with Crippen LogP contribution in [0.5, 0.6) is 0 Å². The summed E-state index contributed by atoms with van der Waals surface area (Å²) >= 11 is 6.25. The molecule has 0 aliphatic carbocycles. The van der Waals surface area contributed by atoms with Crippen molar-refractivity contribution in [2.45, 2.75) is 27.2 Å². The Hall–Kier alpha value is -2.14. The van der Waals surface area contributed by atoms with E-state index in [2.05, 4.69) is 20.8 Å². The number of carbonyl (C=O) groups excluding carboxylic acids is 1. The monoisotopic (exact) mass is 318 g/mol. The van der Waals surface area contributed by atoms with Crippen LogP contribution in [0, 0.1) is 13.8 Å². The first-order chi connectivity index (χ1) is 10.5. The topological polar surface area (TPSA) is 66.9 Å². The van der Waals surface area contributed by atoms with Gasteiger partial charge in [0.15, 0.2) is 11.5 Å². The highest BCUT2D eigenvalue weighted by atomic mass is 35.5. The Morgan fingerprint density at radius 2 is 2.00 bits per heavy atom. The predicted octanol–water partition coefficient (Wildman–Crippen LogP) is 3.63. The Morgan fingerprint density at radius 1 is 1.23 bits per heavy atom. The Kier molecular flexibility index (Phi) is 5.33. The zero-order valence-electron chi connectivity index (χ0n) is 12.9. The van der Waals surface area contributed by atoms with Crippen molar-refractivity contribution in [2.24, 2.45) is 0 Å². The van der Waals surface area contributed by atoms with Gasteiger partial charge in [-0.1, -0.05) is 24.6 Å². The minimum absolute atomic E-state index is 0.217. The molecule has 2 rings (SSSR count). The number of benzene rings is 1. The van der Waals surface area contributed by atoms with Gasteiger partial charge in [-0.3, -0.25) is 4.79 Å². The molecule has 6 heteroatoms. The molecule has 0 unspecified atom stereocenters. The van der Waals surface area contributed by atoms with E-state index in [1.807, 2.05) is 32.9 Å². The summed E-state index contributed by atoms with van der Waals surface area (Å²) < 4.78 is 0. The zero-order valence-corrected chi connectivity index (χ0v) is 13.7. The number of halogens is 1. The molecule has 2 N–H and O–H groups in total. The highest BCUT2D eigenvalue weighted by Gasteiger charge is 2.09. The fourth-order valence-electron chi connectivity index (χ4n) is 2.05. The SMILES string of the molecule is CCCNC(=O)c1ccc(Nc2c(C)cc(C)cc2Cl)nn1. The molecule has 0 aliphatic heterocycles. The van der Waals surface area contributed by atoms with Crippen LogP contribution in [0.25, 0.3) is 0 Å². The molecule has 0 fully saturated rings. The summed E-state index contributed by atoms with van der Waals surface area (Å²) in [5.41, 5.74) is 3.22. The van der Waals surface area contributed by atoms with E-state index in [0.717, 1.165) is 23.2 Å². The van der Waals surface area contributed by atoms with E-state index in [1.54, 1.807) is 12.1 Å². The molecule has 0 bridgehead atoms. The Balaban J connectivity index is 2.13. The highest BCUT2D eigenvalue weighted by Crippen LogP contribution is 2.29. The number of aromatic nitrogens is 2. The number of nitrogens with zero attached hydrogens (tertiary/aromatic N) is 2. The number of amides is 1. The molecule has 0 aliphatic rings. The van der Waals surface area contributed by atoms with Crippen molar-refractivity contribution in [3.63, 3.8) is 0 Å². The molecule has 1 aromatic carbocycles. The fourth-order valence-corrected chi connectivity index (χ4v) is 2.42. The van der Waals surface area contributed by atoms with Gasteiger partial charge in [0, 0.05) is 6.54 Å². The lowest BCUT2D eigenvalue weighted by Crippen LogP contribution is -2.25. The van der Waals surface area contributed by atoms with E-state index in [9.17, 15) is 4.79 Å². The lowest BCUT2D eigenvalue weighted by atomic mass is 10.1. The molecule has 1 amide bonds. The van der Waals surface area contributed by atoms with Crippen molar-refractivity contribution in [1.82, 2.24) is 15.5 Å². The van der Waals surface area contributed by atoms with Crippen molar-refractivity contribution in [2.75, 3.05) is 11.9 Å². The quantitative estimate of drug-likeness (QED) is 0.883. The number of carbonyl (C=O) groups is 1. The van der Waals surface area contributed by atoms with Gasteiger partial charge in [-0.05, 0) is 49.6 Å². The van der Waals surface area contributed by atoms with Crippen molar-refractivity contribution in [3.05, 3.63) is 46.1 Å². The Labute approximate surface area is 135 Å². The minimum Gasteiger partial charge on any atom is -0.351 e. The molecule has 0 saturated heterocycles. The summed E-state index contributed by atoms with van der Waals surface area (Å²) in [6, 6.07) is 7.27. The maximum absolute atomic E-state index is 11.8. The van der Waals surface area contributed by atoms with Crippen LogP contribution in [0.3, 0.4) is 0 Å². The molecule has 5 nitrogen and oxygen atoms in total. The van der Waals surface area contributed by atoms with E-state index in [0.29, 0.717) is 23.1 Å². The molecule has 0 radical (unpaired) electrons. The summed E-state index contributed by atoms with van der Waals surface area (Å²) in [4.78, 5) is 11.8. The molecule has 22 heavy (non-hydrogen) atoms. The van der Waals surface area contributed by atoms with Gasteiger partial charge in [0.1, 0.15) is 0 Å². The van der Waals surface area contributed by atoms with Gasteiger partial charge in [0.05, 0.1) is 10.7 Å². The number of rotatable bonds is 5. The molecule has 0 saturated carbocycles. The molecule has 0 atom stereocenters. The third-order valence-electron chi connectivity index (χ3n) is 3.12. The van der Waals surface area contributed by atoms with Crippen LogP contribution >= 0.6 is 11.6 Å². The van der Waals surface area contributed by atoms with E-state index in [-0.39, 0.29) is 5.91 Å². The van der Waals surface area contributed by atoms with Gasteiger partial charge in [-0.2, -0.15) is 0 Å². The maximum Gasteiger partial charge on any atom is 0.271 e. The summed E-state index contributed by atoms with van der Waals surface area (Å²) in [5.74, 6) is 0.325. The van der Waals surface area contributed by atoms with Crippen LogP contribution in [0.15, 0.2) is 24.3 Å². The van der Waals surface area contributed by atoms with Crippen LogP contribution in [-0.4, -0.2) is 22.6 Å². The predicted molar refractivity (Wildman–Crippen MR) is 88.9 cm³/mol. The highest BCUT2D eigenvalue weighted by molar-refractivity contribution is 6.33. The number of aryl methyl sites for hydroxylation is 2. The van der Waals surface area contributed by atoms with Crippen molar-refractivity contribution in [1.29, 1.82) is 0 Å². The average molecular weight is 319 g/mol. The standard InChI is InChI=1S/C16H19ClN4O/c1-4-7-18-16(22)13-5-6-14(21-20-13)19-15-11(3)8-10(2)9-12(15)17/h5-6,8-9H,4,7H2,1-3H3,(H,18,22)(H,19,21). The van der Waals surface area contributed by atoms with E-state index in [4.69, 9.17) is 11.6 Å². The fraction of sp³-hybridized carbons (Fsp3) is 0.312.